The molecule has 5 nitrogen and oxygen atoms in total. The average molecular weight is 512 g/mol. The number of carbonyl (C=O) groups is 2. The Labute approximate surface area is 220 Å². The molecule has 0 radical (unpaired) electrons. The second kappa shape index (κ2) is 10.9. The molecule has 0 aliphatic carbocycles. The number of halogens is 1. The molecule has 1 aliphatic rings. The lowest BCUT2D eigenvalue weighted by atomic mass is 9.96. The minimum Gasteiger partial charge on any atom is -0.488 e. The van der Waals surface area contributed by atoms with E-state index in [0.29, 0.717) is 34.7 Å². The maximum atomic E-state index is 14.4. The van der Waals surface area contributed by atoms with E-state index in [1.807, 2.05) is 91.0 Å². The van der Waals surface area contributed by atoms with Crippen molar-refractivity contribution < 1.29 is 19.4 Å². The quantitative estimate of drug-likeness (QED) is 0.289. The maximum Gasteiger partial charge on any atom is 0.326 e. The van der Waals surface area contributed by atoms with E-state index in [4.69, 9.17) is 16.3 Å². The fourth-order valence-corrected chi connectivity index (χ4v) is 5.24. The number of hydrogen-bond donors (Lipinski definition) is 1. The largest absolute Gasteiger partial charge is 0.488 e. The van der Waals surface area contributed by atoms with Crippen molar-refractivity contribution in [1.29, 1.82) is 0 Å². The summed E-state index contributed by atoms with van der Waals surface area (Å²) in [6.45, 7) is 0.273. The molecule has 1 heterocycles. The van der Waals surface area contributed by atoms with Gasteiger partial charge in [0.15, 0.2) is 0 Å². The molecule has 1 aliphatic heterocycles. The number of ether oxygens (including phenoxy) is 1. The summed E-state index contributed by atoms with van der Waals surface area (Å²) in [6.07, 6.45) is 0.838. The van der Waals surface area contributed by atoms with Crippen molar-refractivity contribution in [2.45, 2.75) is 31.5 Å². The Morgan fingerprint density at radius 2 is 1.51 bits per heavy atom. The highest BCUT2D eigenvalue weighted by molar-refractivity contribution is 6.31. The molecular formula is C31H26ClNO4. The number of rotatable bonds is 7. The van der Waals surface area contributed by atoms with Crippen LogP contribution in [0.15, 0.2) is 103 Å². The molecule has 1 saturated heterocycles. The van der Waals surface area contributed by atoms with Crippen LogP contribution in [0.25, 0.3) is 11.1 Å². The summed E-state index contributed by atoms with van der Waals surface area (Å²) in [5.41, 5.74) is 3.58. The molecule has 1 amide bonds. The predicted octanol–water partition coefficient (Wildman–Crippen LogP) is 7.02. The van der Waals surface area contributed by atoms with Crippen LogP contribution in [0.5, 0.6) is 5.75 Å². The number of carbonyl (C=O) groups excluding carboxylic acids is 1. The van der Waals surface area contributed by atoms with Crippen molar-refractivity contribution >= 4 is 23.5 Å². The van der Waals surface area contributed by atoms with Gasteiger partial charge in [0.2, 0.25) is 0 Å². The molecule has 0 spiro atoms. The Hall–Kier alpha value is -4.09. The Morgan fingerprint density at radius 1 is 0.838 bits per heavy atom. The Kier molecular flexibility index (Phi) is 7.24. The third kappa shape index (κ3) is 5.09. The number of benzene rings is 4. The van der Waals surface area contributed by atoms with E-state index in [9.17, 15) is 14.7 Å². The normalized spacial score (nSPS) is 16.9. The van der Waals surface area contributed by atoms with Crippen LogP contribution in [0.3, 0.4) is 0 Å². The first-order valence-corrected chi connectivity index (χ1v) is 12.6. The molecule has 2 atom stereocenters. The minimum atomic E-state index is -1.04. The summed E-state index contributed by atoms with van der Waals surface area (Å²) >= 11 is 6.51. The lowest BCUT2D eigenvalue weighted by molar-refractivity contribution is -0.141. The number of aliphatic carboxylic acids is 1. The first-order chi connectivity index (χ1) is 18.0. The molecule has 4 aromatic carbocycles. The van der Waals surface area contributed by atoms with Crippen molar-refractivity contribution in [2.24, 2.45) is 0 Å². The standard InChI is InChI=1S/C31H26ClNO4/c32-25-16-8-7-14-24(25)26-18-19-27(31(35)36)33(26)30(34)29-23(22-12-5-2-6-13-22)15-9-17-28(29)37-20-21-10-3-1-4-11-21/h1-17,26-27H,18-20H2,(H,35,36). The van der Waals surface area contributed by atoms with Gasteiger partial charge in [0.1, 0.15) is 18.4 Å². The summed E-state index contributed by atoms with van der Waals surface area (Å²) in [5.74, 6) is -1.02. The van der Waals surface area contributed by atoms with Crippen LogP contribution in [0, 0.1) is 0 Å². The van der Waals surface area contributed by atoms with Gasteiger partial charge < -0.3 is 14.7 Å². The number of hydrogen-bond acceptors (Lipinski definition) is 3. The highest BCUT2D eigenvalue weighted by Crippen LogP contribution is 2.42. The van der Waals surface area contributed by atoms with Gasteiger partial charge in [-0.05, 0) is 47.2 Å². The summed E-state index contributed by atoms with van der Waals surface area (Å²) in [6, 6.07) is 30.6. The Balaban J connectivity index is 1.62. The first-order valence-electron chi connectivity index (χ1n) is 12.2. The molecule has 0 saturated carbocycles. The van der Waals surface area contributed by atoms with Crippen LogP contribution in [0.1, 0.15) is 40.4 Å². The molecule has 186 valence electrons. The Bertz CT molecular complexity index is 1410. The monoisotopic (exact) mass is 511 g/mol. The van der Waals surface area contributed by atoms with Gasteiger partial charge in [0.25, 0.3) is 5.91 Å². The molecule has 2 unspecified atom stereocenters. The van der Waals surface area contributed by atoms with Crippen LogP contribution in [-0.2, 0) is 11.4 Å². The van der Waals surface area contributed by atoms with Crippen LogP contribution >= 0.6 is 11.6 Å². The Morgan fingerprint density at radius 3 is 2.22 bits per heavy atom. The molecular weight excluding hydrogens is 486 g/mol. The summed E-state index contributed by atoms with van der Waals surface area (Å²) in [4.78, 5) is 28.2. The van der Waals surface area contributed by atoms with E-state index in [1.165, 1.54) is 4.90 Å². The highest BCUT2D eigenvalue weighted by Gasteiger charge is 2.43. The van der Waals surface area contributed by atoms with E-state index in [2.05, 4.69) is 0 Å². The van der Waals surface area contributed by atoms with Crippen molar-refractivity contribution in [2.75, 3.05) is 0 Å². The fourth-order valence-electron chi connectivity index (χ4n) is 4.98. The van der Waals surface area contributed by atoms with E-state index in [1.54, 1.807) is 12.1 Å². The topological polar surface area (TPSA) is 66.8 Å². The van der Waals surface area contributed by atoms with E-state index in [0.717, 1.165) is 16.7 Å². The molecule has 1 fully saturated rings. The van der Waals surface area contributed by atoms with E-state index in [-0.39, 0.29) is 6.61 Å². The third-order valence-corrected chi connectivity index (χ3v) is 7.08. The molecule has 1 N–H and O–H groups in total. The number of carboxylic acid groups (broad SMARTS) is 1. The van der Waals surface area contributed by atoms with Crippen LogP contribution in [0.4, 0.5) is 0 Å². The number of amides is 1. The number of likely N-dealkylation sites (tertiary alicyclic amines) is 1. The van der Waals surface area contributed by atoms with Gasteiger partial charge in [-0.1, -0.05) is 103 Å². The second-order valence-electron chi connectivity index (χ2n) is 9.00. The van der Waals surface area contributed by atoms with Crippen LogP contribution < -0.4 is 4.74 Å². The van der Waals surface area contributed by atoms with Crippen molar-refractivity contribution in [3.63, 3.8) is 0 Å². The summed E-state index contributed by atoms with van der Waals surface area (Å²) < 4.78 is 6.21. The van der Waals surface area contributed by atoms with E-state index >= 15 is 0 Å². The van der Waals surface area contributed by atoms with Crippen LogP contribution in [-0.4, -0.2) is 27.9 Å². The smallest absolute Gasteiger partial charge is 0.326 e. The summed E-state index contributed by atoms with van der Waals surface area (Å²) in [5, 5.41) is 10.6. The highest BCUT2D eigenvalue weighted by atomic mass is 35.5. The molecule has 6 heteroatoms. The van der Waals surface area contributed by atoms with Crippen molar-refractivity contribution in [3.8, 4) is 16.9 Å². The fraction of sp³-hybridized carbons (Fsp3) is 0.161. The predicted molar refractivity (Wildman–Crippen MR) is 144 cm³/mol. The SMILES string of the molecule is O=C(O)C1CCC(c2ccccc2Cl)N1C(=O)c1c(OCc2ccccc2)cccc1-c1ccccc1. The van der Waals surface area contributed by atoms with Crippen molar-refractivity contribution in [3.05, 3.63) is 125 Å². The lowest BCUT2D eigenvalue weighted by Crippen LogP contribution is -2.42. The molecule has 37 heavy (non-hydrogen) atoms. The van der Waals surface area contributed by atoms with Gasteiger partial charge in [0, 0.05) is 5.02 Å². The minimum absolute atomic E-state index is 0.273. The maximum absolute atomic E-state index is 14.4. The average Bonchev–Trinajstić information content (AvgIpc) is 3.38. The lowest BCUT2D eigenvalue weighted by Gasteiger charge is -2.30. The van der Waals surface area contributed by atoms with Gasteiger partial charge in [-0.2, -0.15) is 0 Å². The second-order valence-corrected chi connectivity index (χ2v) is 9.41. The van der Waals surface area contributed by atoms with E-state index < -0.39 is 24.0 Å². The van der Waals surface area contributed by atoms with Crippen LogP contribution in [0.2, 0.25) is 5.02 Å². The number of carboxylic acids is 1. The molecule has 4 aromatic rings. The summed E-state index contributed by atoms with van der Waals surface area (Å²) in [7, 11) is 0. The van der Waals surface area contributed by atoms with Gasteiger partial charge in [-0.15, -0.1) is 0 Å². The third-order valence-electron chi connectivity index (χ3n) is 6.73. The van der Waals surface area contributed by atoms with Gasteiger partial charge in [-0.25, -0.2) is 4.79 Å². The zero-order chi connectivity index (χ0) is 25.8. The molecule has 0 bridgehead atoms. The van der Waals surface area contributed by atoms with Crippen molar-refractivity contribution in [1.82, 2.24) is 4.90 Å². The zero-order valence-electron chi connectivity index (χ0n) is 20.1. The molecule has 5 rings (SSSR count). The molecule has 0 aromatic heterocycles. The van der Waals surface area contributed by atoms with Gasteiger partial charge in [-0.3, -0.25) is 4.79 Å². The number of nitrogens with zero attached hydrogens (tertiary/aromatic N) is 1. The van der Waals surface area contributed by atoms with Gasteiger partial charge >= 0.3 is 5.97 Å². The first kappa shape index (κ1) is 24.6. The zero-order valence-corrected chi connectivity index (χ0v) is 20.8. The van der Waals surface area contributed by atoms with Gasteiger partial charge in [0.05, 0.1) is 11.6 Å².